The van der Waals surface area contributed by atoms with E-state index < -0.39 is 5.91 Å². The fourth-order valence-corrected chi connectivity index (χ4v) is 1.88. The summed E-state index contributed by atoms with van der Waals surface area (Å²) in [4.78, 5) is 27.6. The largest absolute Gasteiger partial charge is 0.497 e. The summed E-state index contributed by atoms with van der Waals surface area (Å²) in [5, 5.41) is 5.23. The first kappa shape index (κ1) is 14.1. The van der Waals surface area contributed by atoms with Crippen LogP contribution in [0.5, 0.6) is 5.75 Å². The van der Waals surface area contributed by atoms with Gasteiger partial charge in [0.05, 0.1) is 7.11 Å². The van der Waals surface area contributed by atoms with Gasteiger partial charge in [0.25, 0.3) is 5.91 Å². The molecule has 1 fully saturated rings. The molecule has 2 N–H and O–H groups in total. The lowest BCUT2D eigenvalue weighted by Crippen LogP contribution is -2.15. The molecule has 7 heteroatoms. The van der Waals surface area contributed by atoms with Crippen LogP contribution in [-0.4, -0.2) is 23.9 Å². The molecule has 1 heterocycles. The van der Waals surface area contributed by atoms with E-state index in [-0.39, 0.29) is 23.5 Å². The van der Waals surface area contributed by atoms with Gasteiger partial charge in [-0.15, -0.1) is 0 Å². The predicted molar refractivity (Wildman–Crippen MR) is 78.8 cm³/mol. The number of anilines is 2. The van der Waals surface area contributed by atoms with Gasteiger partial charge in [0, 0.05) is 17.7 Å². The van der Waals surface area contributed by atoms with Crippen molar-refractivity contribution < 1.29 is 18.7 Å². The van der Waals surface area contributed by atoms with Crippen molar-refractivity contribution >= 4 is 23.5 Å². The monoisotopic (exact) mass is 301 g/mol. The Labute approximate surface area is 126 Å². The Bertz CT molecular complexity index is 706. The van der Waals surface area contributed by atoms with Crippen LogP contribution < -0.4 is 15.4 Å². The number of aromatic nitrogens is 1. The molecule has 3 rings (SSSR count). The number of rotatable bonds is 5. The van der Waals surface area contributed by atoms with Crippen molar-refractivity contribution in [2.24, 2.45) is 5.92 Å². The first-order valence-corrected chi connectivity index (χ1v) is 6.87. The zero-order valence-electron chi connectivity index (χ0n) is 12.0. The van der Waals surface area contributed by atoms with E-state index in [1.807, 2.05) is 0 Å². The summed E-state index contributed by atoms with van der Waals surface area (Å²) in [5.74, 6) is 0.127. The highest BCUT2D eigenvalue weighted by atomic mass is 16.5. The maximum absolute atomic E-state index is 12.1. The Morgan fingerprint density at radius 1 is 1.32 bits per heavy atom. The Morgan fingerprint density at radius 2 is 2.14 bits per heavy atom. The normalized spacial score (nSPS) is 13.5. The number of carbonyl (C=O) groups is 2. The average Bonchev–Trinajstić information content (AvgIpc) is 3.27. The number of oxazole rings is 1. The molecule has 22 heavy (non-hydrogen) atoms. The van der Waals surface area contributed by atoms with Crippen molar-refractivity contribution in [3.05, 3.63) is 36.2 Å². The van der Waals surface area contributed by atoms with Crippen LogP contribution in [0.2, 0.25) is 0 Å². The highest BCUT2D eigenvalue weighted by Gasteiger charge is 2.30. The Kier molecular flexibility index (Phi) is 3.78. The molecule has 0 atom stereocenters. The zero-order valence-corrected chi connectivity index (χ0v) is 12.0. The molecule has 1 saturated carbocycles. The lowest BCUT2D eigenvalue weighted by Gasteiger charge is -2.05. The lowest BCUT2D eigenvalue weighted by atomic mass is 10.3. The van der Waals surface area contributed by atoms with E-state index in [4.69, 9.17) is 9.15 Å². The van der Waals surface area contributed by atoms with Gasteiger partial charge in [-0.05, 0) is 25.0 Å². The molecule has 0 saturated heterocycles. The van der Waals surface area contributed by atoms with Gasteiger partial charge in [0.15, 0.2) is 5.69 Å². The Balaban J connectivity index is 1.64. The molecule has 0 unspecified atom stereocenters. The van der Waals surface area contributed by atoms with Gasteiger partial charge >= 0.3 is 6.01 Å². The smallest absolute Gasteiger partial charge is 0.302 e. The molecule has 7 nitrogen and oxygen atoms in total. The average molecular weight is 301 g/mol. The number of carbonyl (C=O) groups excluding carboxylic acids is 2. The van der Waals surface area contributed by atoms with E-state index in [9.17, 15) is 9.59 Å². The van der Waals surface area contributed by atoms with Crippen LogP contribution in [-0.2, 0) is 4.79 Å². The van der Waals surface area contributed by atoms with E-state index in [1.54, 1.807) is 31.4 Å². The summed E-state index contributed by atoms with van der Waals surface area (Å²) in [6.07, 6.45) is 2.98. The molecule has 114 valence electrons. The van der Waals surface area contributed by atoms with Crippen LogP contribution in [0.25, 0.3) is 0 Å². The minimum Gasteiger partial charge on any atom is -0.497 e. The molecule has 1 aromatic heterocycles. The second-order valence-corrected chi connectivity index (χ2v) is 4.99. The van der Waals surface area contributed by atoms with Crippen molar-refractivity contribution in [3.8, 4) is 5.75 Å². The highest BCUT2D eigenvalue weighted by molar-refractivity contribution is 6.03. The quantitative estimate of drug-likeness (QED) is 0.883. The van der Waals surface area contributed by atoms with Gasteiger partial charge in [0.2, 0.25) is 5.91 Å². The van der Waals surface area contributed by atoms with E-state index in [0.717, 1.165) is 12.8 Å². The third kappa shape index (κ3) is 3.25. The summed E-state index contributed by atoms with van der Waals surface area (Å²) >= 11 is 0. The maximum atomic E-state index is 12.1. The van der Waals surface area contributed by atoms with Crippen LogP contribution in [0.1, 0.15) is 23.3 Å². The van der Waals surface area contributed by atoms with Crippen LogP contribution in [0.15, 0.2) is 34.9 Å². The summed E-state index contributed by atoms with van der Waals surface area (Å²) in [5.41, 5.74) is 0.671. The summed E-state index contributed by atoms with van der Waals surface area (Å²) in [6.45, 7) is 0. The van der Waals surface area contributed by atoms with Crippen LogP contribution in [0, 0.1) is 5.92 Å². The van der Waals surface area contributed by atoms with Crippen molar-refractivity contribution in [2.75, 3.05) is 17.7 Å². The topological polar surface area (TPSA) is 93.5 Å². The predicted octanol–water partition coefficient (Wildman–Crippen LogP) is 2.28. The molecule has 2 aromatic rings. The van der Waals surface area contributed by atoms with Crippen molar-refractivity contribution in [3.63, 3.8) is 0 Å². The summed E-state index contributed by atoms with van der Waals surface area (Å²) in [6, 6.07) is 6.99. The Morgan fingerprint density at radius 3 is 2.86 bits per heavy atom. The number of amides is 2. The standard InChI is InChI=1S/C15H15N3O4/c1-21-11-4-2-3-10(7-11)16-14(20)12-8-22-15(17-12)18-13(19)9-5-6-9/h2-4,7-9H,5-6H2,1H3,(H,16,20)(H,17,18,19). The molecular formula is C15H15N3O4. The fourth-order valence-electron chi connectivity index (χ4n) is 1.88. The first-order chi connectivity index (χ1) is 10.7. The molecule has 1 aliphatic rings. The van der Waals surface area contributed by atoms with Gasteiger partial charge in [0.1, 0.15) is 12.0 Å². The first-order valence-electron chi connectivity index (χ1n) is 6.87. The molecule has 1 aromatic carbocycles. The Hall–Kier alpha value is -2.83. The molecule has 2 amide bonds. The number of hydrogen-bond donors (Lipinski definition) is 2. The second kappa shape index (κ2) is 5.88. The van der Waals surface area contributed by atoms with Gasteiger partial charge in [-0.3, -0.25) is 14.9 Å². The number of ether oxygens (including phenoxy) is 1. The molecule has 0 radical (unpaired) electrons. The zero-order chi connectivity index (χ0) is 15.5. The minimum absolute atomic E-state index is 0.0349. The number of nitrogens with zero attached hydrogens (tertiary/aromatic N) is 1. The van der Waals surface area contributed by atoms with Crippen molar-refractivity contribution in [1.29, 1.82) is 0 Å². The fraction of sp³-hybridized carbons (Fsp3) is 0.267. The van der Waals surface area contributed by atoms with Gasteiger partial charge < -0.3 is 14.5 Å². The summed E-state index contributed by atoms with van der Waals surface area (Å²) < 4.78 is 10.2. The van der Waals surface area contributed by atoms with E-state index in [2.05, 4.69) is 15.6 Å². The van der Waals surface area contributed by atoms with Gasteiger partial charge in [-0.1, -0.05) is 6.07 Å². The minimum atomic E-state index is -0.427. The molecule has 1 aliphatic carbocycles. The number of benzene rings is 1. The van der Waals surface area contributed by atoms with E-state index in [1.165, 1.54) is 6.26 Å². The van der Waals surface area contributed by atoms with E-state index >= 15 is 0 Å². The van der Waals surface area contributed by atoms with Gasteiger partial charge in [-0.25, -0.2) is 0 Å². The maximum Gasteiger partial charge on any atom is 0.302 e. The van der Waals surface area contributed by atoms with Crippen LogP contribution in [0.4, 0.5) is 11.7 Å². The van der Waals surface area contributed by atoms with Crippen LogP contribution >= 0.6 is 0 Å². The molecular weight excluding hydrogens is 286 g/mol. The second-order valence-electron chi connectivity index (χ2n) is 4.99. The molecule has 0 bridgehead atoms. The van der Waals surface area contributed by atoms with Crippen molar-refractivity contribution in [1.82, 2.24) is 4.98 Å². The van der Waals surface area contributed by atoms with Gasteiger partial charge in [-0.2, -0.15) is 4.98 Å². The van der Waals surface area contributed by atoms with E-state index in [0.29, 0.717) is 11.4 Å². The summed E-state index contributed by atoms with van der Waals surface area (Å²) in [7, 11) is 1.55. The molecule has 0 aliphatic heterocycles. The number of hydrogen-bond acceptors (Lipinski definition) is 5. The van der Waals surface area contributed by atoms with Crippen LogP contribution in [0.3, 0.4) is 0 Å². The SMILES string of the molecule is COc1cccc(NC(=O)c2coc(NC(=O)C3CC3)n2)c1. The number of methoxy groups -OCH3 is 1. The third-order valence-corrected chi connectivity index (χ3v) is 3.24. The highest BCUT2D eigenvalue weighted by Crippen LogP contribution is 2.30. The lowest BCUT2D eigenvalue weighted by molar-refractivity contribution is -0.117. The van der Waals surface area contributed by atoms with Crippen molar-refractivity contribution in [2.45, 2.75) is 12.8 Å². The molecule has 0 spiro atoms. The number of nitrogens with one attached hydrogen (secondary N) is 2. The third-order valence-electron chi connectivity index (χ3n) is 3.24.